The summed E-state index contributed by atoms with van der Waals surface area (Å²) in [6, 6.07) is 0. The Kier molecular flexibility index (Phi) is 5.08. The fraction of sp³-hybridized carbons (Fsp3) is 1.00. The van der Waals surface area contributed by atoms with Crippen molar-refractivity contribution in [1.82, 2.24) is 4.42 Å². The maximum Gasteiger partial charge on any atom is 0.266 e. The minimum Gasteiger partial charge on any atom is -0.286 e. The number of halogens is 1. The second kappa shape index (κ2) is 5.01. The smallest absolute Gasteiger partial charge is 0.266 e. The van der Waals surface area contributed by atoms with E-state index in [0.29, 0.717) is 12.5 Å². The van der Waals surface area contributed by atoms with Crippen molar-refractivity contribution in [3.05, 3.63) is 0 Å². The quantitative estimate of drug-likeness (QED) is 0.549. The maximum absolute atomic E-state index is 10.3. The molecule has 0 fully saturated rings. The summed E-state index contributed by atoms with van der Waals surface area (Å²) in [4.78, 5) is 0. The third kappa shape index (κ3) is 8.26. The molecule has 0 aliphatic rings. The van der Waals surface area contributed by atoms with Crippen LogP contribution in [0.5, 0.6) is 0 Å². The number of nitrogens with zero attached hydrogens (tertiary/aromatic N) is 1. The van der Waals surface area contributed by atoms with Crippen molar-refractivity contribution >= 4 is 21.9 Å². The molecule has 0 rings (SSSR count). The lowest BCUT2D eigenvalue weighted by Crippen LogP contribution is -2.24. The normalized spacial score (nSPS) is 12.8. The van der Waals surface area contributed by atoms with Crippen molar-refractivity contribution in [2.24, 2.45) is 5.92 Å². The first-order valence-electron chi connectivity index (χ1n) is 3.67. The maximum atomic E-state index is 10.3. The molecule has 6 heteroatoms. The molecule has 0 unspecified atom stereocenters. The predicted octanol–water partition coefficient (Wildman–Crippen LogP) is 0.986. The summed E-state index contributed by atoms with van der Waals surface area (Å²) in [5.41, 5.74) is 0. The average Bonchev–Trinajstić information content (AvgIpc) is 1.80. The molecule has 0 radical (unpaired) electrons. The molecule has 0 aromatic carbocycles. The van der Waals surface area contributed by atoms with Gasteiger partial charge in [0, 0.05) is 13.1 Å². The molecule has 4 nitrogen and oxygen atoms in total. The fourth-order valence-corrected chi connectivity index (χ4v) is 1.61. The minimum absolute atomic E-state index is 0.151. The summed E-state index contributed by atoms with van der Waals surface area (Å²) in [7, 11) is -3.88. The third-order valence-electron chi connectivity index (χ3n) is 1.16. The fourth-order valence-electron chi connectivity index (χ4n) is 0.702. The highest BCUT2D eigenvalue weighted by atomic mass is 35.5. The van der Waals surface area contributed by atoms with E-state index in [2.05, 4.69) is 0 Å². The van der Waals surface area contributed by atoms with Crippen LogP contribution in [0.2, 0.25) is 0 Å². The Bertz CT molecular complexity index is 215. The molecular formula is C6H14ClNO3S. The van der Waals surface area contributed by atoms with Crippen LogP contribution in [-0.4, -0.2) is 36.2 Å². The van der Waals surface area contributed by atoms with Crippen molar-refractivity contribution in [3.8, 4) is 0 Å². The molecule has 1 N–H and O–H groups in total. The van der Waals surface area contributed by atoms with E-state index in [-0.39, 0.29) is 12.3 Å². The van der Waals surface area contributed by atoms with Gasteiger partial charge in [-0.3, -0.25) is 4.55 Å². The minimum atomic E-state index is -3.88. The van der Waals surface area contributed by atoms with E-state index >= 15 is 0 Å². The lowest BCUT2D eigenvalue weighted by Gasteiger charge is -2.14. The van der Waals surface area contributed by atoms with Gasteiger partial charge in [-0.15, -0.1) is 0 Å². The number of hydrogen-bond acceptors (Lipinski definition) is 3. The first kappa shape index (κ1) is 12.2. The topological polar surface area (TPSA) is 57.6 Å². The molecule has 0 bridgehead atoms. The molecule has 12 heavy (non-hydrogen) atoms. The van der Waals surface area contributed by atoms with Crippen molar-refractivity contribution in [1.29, 1.82) is 0 Å². The van der Waals surface area contributed by atoms with Crippen molar-refractivity contribution in [3.63, 3.8) is 0 Å². The molecule has 74 valence electrons. The van der Waals surface area contributed by atoms with Crippen molar-refractivity contribution in [2.75, 3.05) is 18.8 Å². The van der Waals surface area contributed by atoms with E-state index in [4.69, 9.17) is 16.3 Å². The zero-order valence-corrected chi connectivity index (χ0v) is 8.77. The van der Waals surface area contributed by atoms with E-state index in [9.17, 15) is 8.42 Å². The standard InChI is InChI=1S/C6H14ClNO3S/c1-6(2)5-8(7)3-4-12(9,10)11/h6H,3-5H2,1-2H3,(H,9,10,11). The second-order valence-electron chi connectivity index (χ2n) is 3.05. The van der Waals surface area contributed by atoms with Gasteiger partial charge in [0.1, 0.15) is 0 Å². The van der Waals surface area contributed by atoms with Gasteiger partial charge in [0.2, 0.25) is 0 Å². The molecular weight excluding hydrogens is 202 g/mol. The molecule has 0 aromatic heterocycles. The van der Waals surface area contributed by atoms with Gasteiger partial charge in [0.25, 0.3) is 10.1 Å². The molecule has 0 atom stereocenters. The Labute approximate surface area is 78.4 Å². The summed E-state index contributed by atoms with van der Waals surface area (Å²) in [6.45, 7) is 4.71. The molecule has 0 aliphatic heterocycles. The van der Waals surface area contributed by atoms with Crippen LogP contribution in [0.25, 0.3) is 0 Å². The highest BCUT2D eigenvalue weighted by molar-refractivity contribution is 7.85. The van der Waals surface area contributed by atoms with Gasteiger partial charge in [0.05, 0.1) is 5.75 Å². The molecule has 0 saturated carbocycles. The van der Waals surface area contributed by atoms with Gasteiger partial charge in [-0.1, -0.05) is 13.8 Å². The van der Waals surface area contributed by atoms with Gasteiger partial charge in [-0.05, 0) is 17.7 Å². The Hall–Kier alpha value is 0.160. The number of rotatable bonds is 5. The van der Waals surface area contributed by atoms with E-state index in [0.717, 1.165) is 0 Å². The van der Waals surface area contributed by atoms with Crippen LogP contribution in [0.1, 0.15) is 13.8 Å². The molecule has 0 heterocycles. The summed E-state index contributed by atoms with van der Waals surface area (Å²) in [5, 5.41) is 0. The van der Waals surface area contributed by atoms with E-state index in [1.807, 2.05) is 13.8 Å². The Morgan fingerprint density at radius 2 is 2.00 bits per heavy atom. The summed E-state index contributed by atoms with van der Waals surface area (Å²) < 4.78 is 30.3. The Morgan fingerprint density at radius 3 is 2.33 bits per heavy atom. The molecule has 0 amide bonds. The SMILES string of the molecule is CC(C)CN(Cl)CCS(=O)(=O)O. The summed E-state index contributed by atoms with van der Waals surface area (Å²) >= 11 is 5.64. The lowest BCUT2D eigenvalue weighted by atomic mass is 10.2. The van der Waals surface area contributed by atoms with E-state index < -0.39 is 10.1 Å². The van der Waals surface area contributed by atoms with Crippen LogP contribution in [-0.2, 0) is 10.1 Å². The molecule has 0 aromatic rings. The van der Waals surface area contributed by atoms with Gasteiger partial charge in [-0.25, -0.2) is 4.42 Å². The Morgan fingerprint density at radius 1 is 1.50 bits per heavy atom. The zero-order chi connectivity index (χ0) is 9.78. The zero-order valence-electron chi connectivity index (χ0n) is 7.20. The van der Waals surface area contributed by atoms with Gasteiger partial charge >= 0.3 is 0 Å². The second-order valence-corrected chi connectivity index (χ2v) is 5.10. The van der Waals surface area contributed by atoms with Gasteiger partial charge < -0.3 is 0 Å². The molecule has 0 spiro atoms. The highest BCUT2D eigenvalue weighted by Crippen LogP contribution is 2.01. The van der Waals surface area contributed by atoms with Crippen LogP contribution in [0.3, 0.4) is 0 Å². The van der Waals surface area contributed by atoms with Crippen LogP contribution >= 0.6 is 11.8 Å². The van der Waals surface area contributed by atoms with Crippen LogP contribution in [0, 0.1) is 5.92 Å². The van der Waals surface area contributed by atoms with Crippen molar-refractivity contribution in [2.45, 2.75) is 13.8 Å². The molecule has 0 aliphatic carbocycles. The lowest BCUT2D eigenvalue weighted by molar-refractivity contribution is 0.402. The summed E-state index contributed by atoms with van der Waals surface area (Å²) in [6.07, 6.45) is 0. The van der Waals surface area contributed by atoms with Crippen LogP contribution < -0.4 is 0 Å². The predicted molar refractivity (Wildman–Crippen MR) is 48.7 cm³/mol. The van der Waals surface area contributed by atoms with E-state index in [1.165, 1.54) is 4.42 Å². The largest absolute Gasteiger partial charge is 0.286 e. The van der Waals surface area contributed by atoms with Crippen LogP contribution in [0.15, 0.2) is 0 Å². The molecule has 0 saturated heterocycles. The van der Waals surface area contributed by atoms with Gasteiger partial charge in [-0.2, -0.15) is 8.42 Å². The number of hydrogen-bond donors (Lipinski definition) is 1. The summed E-state index contributed by atoms with van der Waals surface area (Å²) in [5.74, 6) is 0.0624. The average molecular weight is 216 g/mol. The first-order chi connectivity index (χ1) is 5.31. The van der Waals surface area contributed by atoms with Gasteiger partial charge in [0.15, 0.2) is 0 Å². The third-order valence-corrected chi connectivity index (χ3v) is 2.16. The monoisotopic (exact) mass is 215 g/mol. The van der Waals surface area contributed by atoms with Crippen molar-refractivity contribution < 1.29 is 13.0 Å². The first-order valence-corrected chi connectivity index (χ1v) is 5.62. The highest BCUT2D eigenvalue weighted by Gasteiger charge is 2.09. The van der Waals surface area contributed by atoms with Crippen LogP contribution in [0.4, 0.5) is 0 Å². The Balaban J connectivity index is 3.65. The van der Waals surface area contributed by atoms with E-state index in [1.54, 1.807) is 0 Å².